The third-order valence-corrected chi connectivity index (χ3v) is 4.13. The lowest BCUT2D eigenvalue weighted by molar-refractivity contribution is -0.136. The van der Waals surface area contributed by atoms with E-state index in [4.69, 9.17) is 0 Å². The van der Waals surface area contributed by atoms with Gasteiger partial charge in [0.25, 0.3) is 0 Å². The minimum atomic E-state index is -0.155. The van der Waals surface area contributed by atoms with Crippen LogP contribution in [0.1, 0.15) is 52.4 Å². The Bertz CT molecular complexity index is 353. The van der Waals surface area contributed by atoms with Crippen molar-refractivity contribution >= 4 is 5.91 Å². The van der Waals surface area contributed by atoms with Crippen molar-refractivity contribution in [2.45, 2.75) is 58.5 Å². The van der Waals surface area contributed by atoms with Crippen molar-refractivity contribution in [1.29, 1.82) is 0 Å². The fraction of sp³-hybridized carbons (Fsp3) is 0.632. The van der Waals surface area contributed by atoms with Gasteiger partial charge in [0, 0.05) is 19.0 Å². The lowest BCUT2D eigenvalue weighted by Gasteiger charge is -2.28. The smallest absolute Gasteiger partial charge is 0.225 e. The highest BCUT2D eigenvalue weighted by molar-refractivity contribution is 5.79. The molecule has 1 aliphatic heterocycles. The van der Waals surface area contributed by atoms with Gasteiger partial charge >= 0.3 is 0 Å². The molecule has 2 fully saturated rings. The first kappa shape index (κ1) is 18.7. The van der Waals surface area contributed by atoms with Gasteiger partial charge in [0.1, 0.15) is 0 Å². The normalized spacial score (nSPS) is 23.7. The molecule has 1 N–H and O–H groups in total. The molecule has 0 unspecified atom stereocenters. The van der Waals surface area contributed by atoms with Crippen molar-refractivity contribution < 1.29 is 9.90 Å². The predicted molar refractivity (Wildman–Crippen MR) is 91.6 cm³/mol. The summed E-state index contributed by atoms with van der Waals surface area (Å²) in [6, 6.07) is 12.0. The van der Waals surface area contributed by atoms with E-state index < -0.39 is 0 Å². The van der Waals surface area contributed by atoms with Crippen molar-refractivity contribution in [2.24, 2.45) is 5.92 Å². The number of aliphatic hydroxyl groups is 1. The molecular weight excluding hydrogens is 274 g/mol. The van der Waals surface area contributed by atoms with Crippen LogP contribution in [0.2, 0.25) is 0 Å². The van der Waals surface area contributed by atoms with E-state index in [0.29, 0.717) is 5.91 Å². The largest absolute Gasteiger partial charge is 0.393 e. The Balaban J connectivity index is 0.000000253. The Kier molecular flexibility index (Phi) is 9.56. The molecule has 0 radical (unpaired) electrons. The number of aliphatic hydroxyl groups excluding tert-OH is 1. The molecule has 1 saturated heterocycles. The zero-order valence-corrected chi connectivity index (χ0v) is 14.1. The number of hydrogen-bond donors (Lipinski definition) is 1. The summed E-state index contributed by atoms with van der Waals surface area (Å²) >= 11 is 0. The highest BCUT2D eigenvalue weighted by atomic mass is 16.3. The van der Waals surface area contributed by atoms with E-state index in [1.54, 1.807) is 0 Å². The first-order chi connectivity index (χ1) is 10.8. The number of rotatable bonds is 1. The van der Waals surface area contributed by atoms with E-state index >= 15 is 0 Å². The molecule has 0 aromatic heterocycles. The van der Waals surface area contributed by atoms with Gasteiger partial charge in [-0.1, -0.05) is 50.2 Å². The molecule has 1 aromatic carbocycles. The molecule has 1 saturated carbocycles. The standard InChI is InChI=1S/C11H19NO2.C6H6.C2H6/c13-10-5-3-9(4-6-10)11(14)12-7-1-2-8-12;1-2-4-6-5-3-1;1-2/h9-10,13H,1-8H2;1-6H;1-2H3. The van der Waals surface area contributed by atoms with E-state index in [1.165, 1.54) is 12.8 Å². The van der Waals surface area contributed by atoms with E-state index in [1.807, 2.05) is 55.1 Å². The van der Waals surface area contributed by atoms with Crippen molar-refractivity contribution in [3.05, 3.63) is 36.4 Å². The van der Waals surface area contributed by atoms with Gasteiger partial charge in [-0.25, -0.2) is 0 Å². The van der Waals surface area contributed by atoms with Crippen molar-refractivity contribution in [3.63, 3.8) is 0 Å². The molecule has 22 heavy (non-hydrogen) atoms. The Labute approximate surface area is 135 Å². The van der Waals surface area contributed by atoms with E-state index in [2.05, 4.69) is 0 Å². The van der Waals surface area contributed by atoms with Crippen molar-refractivity contribution in [2.75, 3.05) is 13.1 Å². The molecule has 0 bridgehead atoms. The van der Waals surface area contributed by atoms with E-state index in [9.17, 15) is 9.90 Å². The first-order valence-electron chi connectivity index (χ1n) is 8.74. The molecule has 3 heteroatoms. The zero-order valence-electron chi connectivity index (χ0n) is 14.1. The summed E-state index contributed by atoms with van der Waals surface area (Å²) in [6.45, 7) is 5.91. The monoisotopic (exact) mass is 305 g/mol. The van der Waals surface area contributed by atoms with Crippen LogP contribution >= 0.6 is 0 Å². The second kappa shape index (κ2) is 11.2. The molecule has 0 atom stereocenters. The fourth-order valence-corrected chi connectivity index (χ4v) is 2.90. The highest BCUT2D eigenvalue weighted by Crippen LogP contribution is 2.27. The maximum Gasteiger partial charge on any atom is 0.225 e. The van der Waals surface area contributed by atoms with Gasteiger partial charge in [-0.05, 0) is 38.5 Å². The van der Waals surface area contributed by atoms with Gasteiger partial charge in [-0.3, -0.25) is 4.79 Å². The van der Waals surface area contributed by atoms with E-state index in [-0.39, 0.29) is 12.0 Å². The van der Waals surface area contributed by atoms with Crippen LogP contribution in [0.4, 0.5) is 0 Å². The molecule has 124 valence electrons. The molecule has 1 aliphatic carbocycles. The highest BCUT2D eigenvalue weighted by Gasteiger charge is 2.29. The Morgan fingerprint density at radius 3 is 1.68 bits per heavy atom. The molecule has 1 heterocycles. The topological polar surface area (TPSA) is 40.5 Å². The van der Waals surface area contributed by atoms with Crippen LogP contribution in [-0.4, -0.2) is 35.1 Å². The number of amides is 1. The summed E-state index contributed by atoms with van der Waals surface area (Å²) < 4.78 is 0. The molecule has 1 aromatic rings. The van der Waals surface area contributed by atoms with Gasteiger partial charge in [0.2, 0.25) is 5.91 Å². The average molecular weight is 305 g/mol. The SMILES string of the molecule is CC.O=C(C1CCC(O)CC1)N1CCCC1.c1ccccc1. The third-order valence-electron chi connectivity index (χ3n) is 4.13. The van der Waals surface area contributed by atoms with Gasteiger partial charge in [0.05, 0.1) is 6.10 Å². The predicted octanol–water partition coefficient (Wildman–Crippen LogP) is 3.87. The Hall–Kier alpha value is -1.35. The number of benzene rings is 1. The first-order valence-corrected chi connectivity index (χ1v) is 8.74. The molecule has 3 rings (SSSR count). The summed E-state index contributed by atoms with van der Waals surface area (Å²) in [5, 5.41) is 9.35. The van der Waals surface area contributed by atoms with Crippen LogP contribution in [0.5, 0.6) is 0 Å². The summed E-state index contributed by atoms with van der Waals surface area (Å²) in [4.78, 5) is 14.0. The molecule has 1 amide bonds. The van der Waals surface area contributed by atoms with Crippen LogP contribution in [0.25, 0.3) is 0 Å². The maximum absolute atomic E-state index is 12.0. The minimum absolute atomic E-state index is 0.155. The van der Waals surface area contributed by atoms with Crippen molar-refractivity contribution in [3.8, 4) is 0 Å². The number of likely N-dealkylation sites (tertiary alicyclic amines) is 1. The number of hydrogen-bond acceptors (Lipinski definition) is 2. The quantitative estimate of drug-likeness (QED) is 0.855. The summed E-state index contributed by atoms with van der Waals surface area (Å²) in [5.74, 6) is 0.547. The summed E-state index contributed by atoms with van der Waals surface area (Å²) in [7, 11) is 0. The van der Waals surface area contributed by atoms with Crippen LogP contribution in [0.3, 0.4) is 0 Å². The minimum Gasteiger partial charge on any atom is -0.393 e. The van der Waals surface area contributed by atoms with Crippen LogP contribution in [-0.2, 0) is 4.79 Å². The summed E-state index contributed by atoms with van der Waals surface area (Å²) in [6.07, 6.45) is 5.57. The van der Waals surface area contributed by atoms with Gasteiger partial charge in [0.15, 0.2) is 0 Å². The number of nitrogens with zero attached hydrogens (tertiary/aromatic N) is 1. The van der Waals surface area contributed by atoms with Crippen LogP contribution in [0, 0.1) is 5.92 Å². The van der Waals surface area contributed by atoms with Crippen molar-refractivity contribution in [1.82, 2.24) is 4.90 Å². The lowest BCUT2D eigenvalue weighted by atomic mass is 9.86. The van der Waals surface area contributed by atoms with Gasteiger partial charge in [-0.15, -0.1) is 0 Å². The molecule has 2 aliphatic rings. The van der Waals surface area contributed by atoms with E-state index in [0.717, 1.165) is 38.8 Å². The zero-order chi connectivity index (χ0) is 16.2. The maximum atomic E-state index is 12.0. The molecular formula is C19H31NO2. The Morgan fingerprint density at radius 1 is 0.864 bits per heavy atom. The number of carbonyl (C=O) groups is 1. The lowest BCUT2D eigenvalue weighted by Crippen LogP contribution is -2.36. The fourth-order valence-electron chi connectivity index (χ4n) is 2.90. The third kappa shape index (κ3) is 6.61. The summed E-state index contributed by atoms with van der Waals surface area (Å²) in [5.41, 5.74) is 0. The van der Waals surface area contributed by atoms with Crippen LogP contribution < -0.4 is 0 Å². The average Bonchev–Trinajstić information content (AvgIpc) is 3.13. The number of carbonyl (C=O) groups excluding carboxylic acids is 1. The second-order valence-electron chi connectivity index (χ2n) is 5.69. The Morgan fingerprint density at radius 2 is 1.27 bits per heavy atom. The second-order valence-corrected chi connectivity index (χ2v) is 5.69. The molecule has 3 nitrogen and oxygen atoms in total. The molecule has 0 spiro atoms. The van der Waals surface area contributed by atoms with Crippen LogP contribution in [0.15, 0.2) is 36.4 Å². The van der Waals surface area contributed by atoms with Gasteiger partial charge in [-0.2, -0.15) is 0 Å². The van der Waals surface area contributed by atoms with Gasteiger partial charge < -0.3 is 10.0 Å².